The molecule has 5 heteroatoms. The van der Waals surface area contributed by atoms with E-state index in [0.29, 0.717) is 5.56 Å². The van der Waals surface area contributed by atoms with Gasteiger partial charge in [-0.15, -0.1) is 0 Å². The largest absolute Gasteiger partial charge is 0.457 e. The monoisotopic (exact) mass is 277 g/mol. The molecule has 0 fully saturated rings. The molecule has 0 aliphatic rings. The Bertz CT molecular complexity index is 656. The second kappa shape index (κ2) is 5.69. The van der Waals surface area contributed by atoms with Gasteiger partial charge in [0.1, 0.15) is 18.2 Å². The zero-order valence-electron chi connectivity index (χ0n) is 10.8. The van der Waals surface area contributed by atoms with Crippen molar-refractivity contribution in [1.29, 1.82) is 0 Å². The summed E-state index contributed by atoms with van der Waals surface area (Å²) in [6.45, 7) is 1.71. The number of benzene rings is 2. The molecule has 0 spiro atoms. The molecule has 0 amide bonds. The van der Waals surface area contributed by atoms with Gasteiger partial charge in [-0.2, -0.15) is 0 Å². The lowest BCUT2D eigenvalue weighted by molar-refractivity contribution is 0.0471. The molecule has 0 bridgehead atoms. The number of halogens is 2. The number of hydrogen-bond acceptors (Lipinski definition) is 3. The van der Waals surface area contributed by atoms with Crippen LogP contribution >= 0.6 is 0 Å². The maximum absolute atomic E-state index is 13.2. The van der Waals surface area contributed by atoms with Gasteiger partial charge in [-0.05, 0) is 48.4 Å². The fourth-order valence-electron chi connectivity index (χ4n) is 1.68. The summed E-state index contributed by atoms with van der Waals surface area (Å²) in [5.41, 5.74) is 6.72. The third-order valence-electron chi connectivity index (χ3n) is 2.91. The number of aryl methyl sites for hydroxylation is 1. The third kappa shape index (κ3) is 3.12. The Morgan fingerprint density at radius 1 is 1.20 bits per heavy atom. The minimum absolute atomic E-state index is 0.0393. The molecule has 0 atom stereocenters. The highest BCUT2D eigenvalue weighted by Gasteiger charge is 2.11. The number of esters is 1. The van der Waals surface area contributed by atoms with Crippen molar-refractivity contribution in [1.82, 2.24) is 0 Å². The molecule has 0 radical (unpaired) electrons. The molecule has 0 heterocycles. The van der Waals surface area contributed by atoms with Crippen molar-refractivity contribution in [3.05, 3.63) is 64.7 Å². The third-order valence-corrected chi connectivity index (χ3v) is 2.91. The van der Waals surface area contributed by atoms with E-state index in [1.54, 1.807) is 13.0 Å². The van der Waals surface area contributed by atoms with Gasteiger partial charge in [-0.1, -0.05) is 6.07 Å². The average molecular weight is 277 g/mol. The lowest BCUT2D eigenvalue weighted by Gasteiger charge is -2.08. The van der Waals surface area contributed by atoms with E-state index in [-0.39, 0.29) is 17.9 Å². The van der Waals surface area contributed by atoms with Gasteiger partial charge >= 0.3 is 5.97 Å². The average Bonchev–Trinajstić information content (AvgIpc) is 2.42. The molecule has 20 heavy (non-hydrogen) atoms. The van der Waals surface area contributed by atoms with Gasteiger partial charge in [-0.3, -0.25) is 0 Å². The second-order valence-electron chi connectivity index (χ2n) is 4.38. The number of nitrogens with two attached hydrogens (primary N) is 1. The number of ether oxygens (including phenoxy) is 1. The van der Waals surface area contributed by atoms with E-state index in [1.807, 2.05) is 0 Å². The normalized spacial score (nSPS) is 10.3. The van der Waals surface area contributed by atoms with Crippen LogP contribution < -0.4 is 5.73 Å². The summed E-state index contributed by atoms with van der Waals surface area (Å²) in [6.07, 6.45) is 0. The SMILES string of the molecule is Cc1ccc(F)cc1COC(=O)c1ccc(N)c(F)c1. The summed E-state index contributed by atoms with van der Waals surface area (Å²) >= 11 is 0. The minimum Gasteiger partial charge on any atom is -0.457 e. The topological polar surface area (TPSA) is 52.3 Å². The van der Waals surface area contributed by atoms with E-state index in [9.17, 15) is 13.6 Å². The van der Waals surface area contributed by atoms with Gasteiger partial charge < -0.3 is 10.5 Å². The van der Waals surface area contributed by atoms with Crippen molar-refractivity contribution in [3.63, 3.8) is 0 Å². The van der Waals surface area contributed by atoms with E-state index in [0.717, 1.165) is 11.6 Å². The molecule has 3 nitrogen and oxygen atoms in total. The Balaban J connectivity index is 2.08. The van der Waals surface area contributed by atoms with Gasteiger partial charge in [-0.25, -0.2) is 13.6 Å². The van der Waals surface area contributed by atoms with Crippen molar-refractivity contribution in [2.45, 2.75) is 13.5 Å². The predicted molar refractivity (Wildman–Crippen MR) is 71.1 cm³/mol. The quantitative estimate of drug-likeness (QED) is 0.692. The molecule has 2 rings (SSSR count). The van der Waals surface area contributed by atoms with Crippen molar-refractivity contribution in [2.75, 3.05) is 5.73 Å². The van der Waals surface area contributed by atoms with E-state index >= 15 is 0 Å². The first-order valence-corrected chi connectivity index (χ1v) is 5.94. The summed E-state index contributed by atoms with van der Waals surface area (Å²) in [7, 11) is 0. The lowest BCUT2D eigenvalue weighted by Crippen LogP contribution is -2.07. The standard InChI is InChI=1S/C15H13F2NO2/c1-9-2-4-12(16)6-11(9)8-20-15(19)10-3-5-14(18)13(17)7-10/h2-7H,8,18H2,1H3. The molecule has 0 aliphatic heterocycles. The zero-order valence-corrected chi connectivity index (χ0v) is 10.8. The van der Waals surface area contributed by atoms with E-state index in [1.165, 1.54) is 24.3 Å². The molecule has 2 N–H and O–H groups in total. The van der Waals surface area contributed by atoms with Gasteiger partial charge in [0, 0.05) is 0 Å². The fourth-order valence-corrected chi connectivity index (χ4v) is 1.68. The Morgan fingerprint density at radius 3 is 2.65 bits per heavy atom. The Hall–Kier alpha value is -2.43. The molecule has 0 aromatic heterocycles. The zero-order chi connectivity index (χ0) is 14.7. The van der Waals surface area contributed by atoms with Crippen molar-refractivity contribution >= 4 is 11.7 Å². The van der Waals surface area contributed by atoms with Crippen molar-refractivity contribution in [2.24, 2.45) is 0 Å². The number of carbonyl (C=O) groups is 1. The van der Waals surface area contributed by atoms with Crippen LogP contribution in [0.2, 0.25) is 0 Å². The first kappa shape index (κ1) is 14.0. The molecule has 0 saturated carbocycles. The number of rotatable bonds is 3. The maximum Gasteiger partial charge on any atom is 0.338 e. The smallest absolute Gasteiger partial charge is 0.338 e. The van der Waals surface area contributed by atoms with E-state index in [4.69, 9.17) is 10.5 Å². The fraction of sp³-hybridized carbons (Fsp3) is 0.133. The molecular formula is C15H13F2NO2. The van der Waals surface area contributed by atoms with E-state index < -0.39 is 17.6 Å². The molecule has 2 aromatic rings. The van der Waals surface area contributed by atoms with Crippen LogP contribution in [0, 0.1) is 18.6 Å². The van der Waals surface area contributed by atoms with Crippen LogP contribution in [0.25, 0.3) is 0 Å². The Labute approximate surface area is 115 Å². The van der Waals surface area contributed by atoms with Gasteiger partial charge in [0.25, 0.3) is 0 Å². The van der Waals surface area contributed by atoms with Gasteiger partial charge in [0.2, 0.25) is 0 Å². The lowest BCUT2D eigenvalue weighted by atomic mass is 10.1. The number of nitrogen functional groups attached to an aromatic ring is 1. The molecule has 0 saturated heterocycles. The molecule has 104 valence electrons. The first-order chi connectivity index (χ1) is 9.47. The van der Waals surface area contributed by atoms with Gasteiger partial charge in [0.05, 0.1) is 11.3 Å². The Kier molecular flexibility index (Phi) is 3.98. The van der Waals surface area contributed by atoms with Crippen LogP contribution in [0.1, 0.15) is 21.5 Å². The van der Waals surface area contributed by atoms with Crippen LogP contribution in [0.4, 0.5) is 14.5 Å². The Morgan fingerprint density at radius 2 is 1.95 bits per heavy atom. The van der Waals surface area contributed by atoms with Crippen LogP contribution in [0.15, 0.2) is 36.4 Å². The number of anilines is 1. The molecular weight excluding hydrogens is 264 g/mol. The van der Waals surface area contributed by atoms with Gasteiger partial charge in [0.15, 0.2) is 0 Å². The highest BCUT2D eigenvalue weighted by atomic mass is 19.1. The summed E-state index contributed by atoms with van der Waals surface area (Å²) in [4.78, 5) is 11.8. The summed E-state index contributed by atoms with van der Waals surface area (Å²) in [5.74, 6) is -1.77. The summed E-state index contributed by atoms with van der Waals surface area (Å²) in [6, 6.07) is 7.90. The number of hydrogen-bond donors (Lipinski definition) is 1. The highest BCUT2D eigenvalue weighted by Crippen LogP contribution is 2.15. The molecule has 2 aromatic carbocycles. The van der Waals surface area contributed by atoms with E-state index in [2.05, 4.69) is 0 Å². The first-order valence-electron chi connectivity index (χ1n) is 5.94. The highest BCUT2D eigenvalue weighted by molar-refractivity contribution is 5.89. The molecule has 0 aliphatic carbocycles. The van der Waals surface area contributed by atoms with Crippen LogP contribution in [-0.4, -0.2) is 5.97 Å². The van der Waals surface area contributed by atoms with Crippen LogP contribution in [-0.2, 0) is 11.3 Å². The van der Waals surface area contributed by atoms with Crippen LogP contribution in [0.5, 0.6) is 0 Å². The number of carbonyl (C=O) groups excluding carboxylic acids is 1. The summed E-state index contributed by atoms with van der Waals surface area (Å²) < 4.78 is 31.4. The molecule has 0 unspecified atom stereocenters. The second-order valence-corrected chi connectivity index (χ2v) is 4.38. The predicted octanol–water partition coefficient (Wildman–Crippen LogP) is 3.21. The summed E-state index contributed by atoms with van der Waals surface area (Å²) in [5, 5.41) is 0. The van der Waals surface area contributed by atoms with Crippen LogP contribution in [0.3, 0.4) is 0 Å². The maximum atomic E-state index is 13.2. The minimum atomic E-state index is -0.687. The van der Waals surface area contributed by atoms with Crippen molar-refractivity contribution in [3.8, 4) is 0 Å². The van der Waals surface area contributed by atoms with Crippen molar-refractivity contribution < 1.29 is 18.3 Å².